The molecule has 2 aromatic carbocycles. The SMILES string of the molecule is C=C/C(=C\C)c1ccc(Cn2cc(C(=O)OC)c(=O)c3cc(F)c(F)c(OC)c32)cc1. The van der Waals surface area contributed by atoms with E-state index in [2.05, 4.69) is 11.3 Å². The van der Waals surface area contributed by atoms with Crippen LogP contribution in [0.25, 0.3) is 16.5 Å². The summed E-state index contributed by atoms with van der Waals surface area (Å²) < 4.78 is 39.7. The third kappa shape index (κ3) is 3.99. The summed E-state index contributed by atoms with van der Waals surface area (Å²) in [4.78, 5) is 24.9. The molecule has 0 aliphatic carbocycles. The Labute approximate surface area is 177 Å². The van der Waals surface area contributed by atoms with Crippen molar-refractivity contribution in [2.45, 2.75) is 13.5 Å². The zero-order chi connectivity index (χ0) is 22.7. The number of ether oxygens (including phenoxy) is 2. The topological polar surface area (TPSA) is 57.5 Å². The molecule has 0 bridgehead atoms. The highest BCUT2D eigenvalue weighted by Gasteiger charge is 2.23. The molecule has 31 heavy (non-hydrogen) atoms. The molecule has 0 fully saturated rings. The molecular formula is C24H21F2NO4. The van der Waals surface area contributed by atoms with E-state index in [1.54, 1.807) is 6.08 Å². The predicted molar refractivity (Wildman–Crippen MR) is 115 cm³/mol. The highest BCUT2D eigenvalue weighted by molar-refractivity contribution is 5.95. The summed E-state index contributed by atoms with van der Waals surface area (Å²) in [5.41, 5.74) is 1.72. The standard InChI is InChI=1S/C24H21F2NO4/c1-5-15(6-2)16-9-7-14(8-10-16)12-27-13-18(24(29)31-4)22(28)17-11-19(25)20(26)23(30-3)21(17)27/h5-11,13H,1,12H2,2-4H3/b15-6+. The van der Waals surface area contributed by atoms with Gasteiger partial charge in [-0.05, 0) is 29.7 Å². The summed E-state index contributed by atoms with van der Waals surface area (Å²) in [7, 11) is 2.32. The molecular weight excluding hydrogens is 404 g/mol. The van der Waals surface area contributed by atoms with Crippen LogP contribution in [0.15, 0.2) is 60.1 Å². The van der Waals surface area contributed by atoms with Gasteiger partial charge in [0, 0.05) is 12.7 Å². The zero-order valence-electron chi connectivity index (χ0n) is 17.4. The summed E-state index contributed by atoms with van der Waals surface area (Å²) in [6, 6.07) is 8.28. The number of carbonyl (C=O) groups excluding carboxylic acids is 1. The molecule has 3 rings (SSSR count). The molecule has 0 atom stereocenters. The van der Waals surface area contributed by atoms with Crippen LogP contribution in [0.4, 0.5) is 8.78 Å². The molecule has 0 amide bonds. The number of rotatable bonds is 6. The summed E-state index contributed by atoms with van der Waals surface area (Å²) in [6.07, 6.45) is 4.95. The molecule has 3 aromatic rings. The highest BCUT2D eigenvalue weighted by Crippen LogP contribution is 2.30. The third-order valence-electron chi connectivity index (χ3n) is 4.99. The van der Waals surface area contributed by atoms with Gasteiger partial charge in [0.2, 0.25) is 11.2 Å². The molecule has 160 valence electrons. The van der Waals surface area contributed by atoms with Crippen LogP contribution in [0, 0.1) is 11.6 Å². The van der Waals surface area contributed by atoms with Crippen LogP contribution in [0.2, 0.25) is 0 Å². The lowest BCUT2D eigenvalue weighted by Crippen LogP contribution is -2.21. The van der Waals surface area contributed by atoms with Gasteiger partial charge in [-0.15, -0.1) is 0 Å². The van der Waals surface area contributed by atoms with Gasteiger partial charge in [0.15, 0.2) is 11.6 Å². The Bertz CT molecular complexity index is 1260. The maximum Gasteiger partial charge on any atom is 0.343 e. The number of fused-ring (bicyclic) bond motifs is 1. The van der Waals surface area contributed by atoms with Gasteiger partial charge in [-0.1, -0.05) is 43.0 Å². The second kappa shape index (κ2) is 8.95. The van der Waals surface area contributed by atoms with Crippen LogP contribution < -0.4 is 10.2 Å². The average Bonchev–Trinajstić information content (AvgIpc) is 2.78. The second-order valence-electron chi connectivity index (χ2n) is 6.74. The van der Waals surface area contributed by atoms with E-state index < -0.39 is 28.8 Å². The number of methoxy groups -OCH3 is 2. The Balaban J connectivity index is 2.24. The molecule has 0 unspecified atom stereocenters. The van der Waals surface area contributed by atoms with Crippen molar-refractivity contribution < 1.29 is 23.0 Å². The molecule has 7 heteroatoms. The van der Waals surface area contributed by atoms with E-state index in [0.717, 1.165) is 29.9 Å². The average molecular weight is 425 g/mol. The summed E-state index contributed by atoms with van der Waals surface area (Å²) in [5.74, 6) is -3.75. The Morgan fingerprint density at radius 2 is 1.87 bits per heavy atom. The van der Waals surface area contributed by atoms with Gasteiger partial charge < -0.3 is 14.0 Å². The number of nitrogens with zero attached hydrogens (tertiary/aromatic N) is 1. The van der Waals surface area contributed by atoms with Crippen molar-refractivity contribution in [3.05, 3.63) is 93.8 Å². The summed E-state index contributed by atoms with van der Waals surface area (Å²) in [5, 5.41) is -0.182. The fourth-order valence-corrected chi connectivity index (χ4v) is 3.44. The first kappa shape index (κ1) is 22.0. The van der Waals surface area contributed by atoms with Crippen LogP contribution in [0.5, 0.6) is 5.75 Å². The molecule has 0 aliphatic rings. The number of halogens is 2. The normalized spacial score (nSPS) is 11.5. The second-order valence-corrected chi connectivity index (χ2v) is 6.74. The zero-order valence-corrected chi connectivity index (χ0v) is 17.4. The largest absolute Gasteiger partial charge is 0.491 e. The minimum absolute atomic E-state index is 0.0448. The van der Waals surface area contributed by atoms with Gasteiger partial charge >= 0.3 is 5.97 Å². The van der Waals surface area contributed by atoms with Gasteiger partial charge in [-0.2, -0.15) is 4.39 Å². The minimum atomic E-state index is -1.25. The number of benzene rings is 2. The van der Waals surface area contributed by atoms with Crippen molar-refractivity contribution in [1.29, 1.82) is 0 Å². The van der Waals surface area contributed by atoms with Gasteiger partial charge in [-0.3, -0.25) is 4.79 Å². The highest BCUT2D eigenvalue weighted by atomic mass is 19.2. The lowest BCUT2D eigenvalue weighted by molar-refractivity contribution is 0.0598. The lowest BCUT2D eigenvalue weighted by atomic mass is 10.0. The quantitative estimate of drug-likeness (QED) is 0.424. The van der Waals surface area contributed by atoms with Crippen LogP contribution in [0.3, 0.4) is 0 Å². The smallest absolute Gasteiger partial charge is 0.343 e. The third-order valence-corrected chi connectivity index (χ3v) is 4.99. The fourth-order valence-electron chi connectivity index (χ4n) is 3.44. The predicted octanol–water partition coefficient (Wildman–Crippen LogP) is 4.71. The molecule has 5 nitrogen and oxygen atoms in total. The molecule has 0 aliphatic heterocycles. The lowest BCUT2D eigenvalue weighted by Gasteiger charge is -2.17. The van der Waals surface area contributed by atoms with Gasteiger partial charge in [-0.25, -0.2) is 9.18 Å². The number of aromatic nitrogens is 1. The molecule has 0 saturated heterocycles. The Morgan fingerprint density at radius 1 is 1.19 bits per heavy atom. The first-order valence-electron chi connectivity index (χ1n) is 9.41. The fraction of sp³-hybridized carbons (Fsp3) is 0.167. The maximum absolute atomic E-state index is 14.4. The van der Waals surface area contributed by atoms with Crippen LogP contribution in [0.1, 0.15) is 28.4 Å². The van der Waals surface area contributed by atoms with E-state index in [9.17, 15) is 18.4 Å². The van der Waals surface area contributed by atoms with E-state index in [-0.39, 0.29) is 23.0 Å². The number of esters is 1. The van der Waals surface area contributed by atoms with Crippen molar-refractivity contribution in [3.63, 3.8) is 0 Å². The maximum atomic E-state index is 14.4. The van der Waals surface area contributed by atoms with Crippen molar-refractivity contribution in [3.8, 4) is 5.75 Å². The van der Waals surface area contributed by atoms with Crippen molar-refractivity contribution in [2.24, 2.45) is 0 Å². The van der Waals surface area contributed by atoms with Gasteiger partial charge in [0.1, 0.15) is 5.56 Å². The number of pyridine rings is 1. The molecule has 0 N–H and O–H groups in total. The number of hydrogen-bond donors (Lipinski definition) is 0. The van der Waals surface area contributed by atoms with E-state index in [1.807, 2.05) is 37.3 Å². The Morgan fingerprint density at radius 3 is 2.42 bits per heavy atom. The van der Waals surface area contributed by atoms with Crippen molar-refractivity contribution in [1.82, 2.24) is 4.57 Å². The first-order chi connectivity index (χ1) is 14.9. The molecule has 1 aromatic heterocycles. The molecule has 0 saturated carbocycles. The van der Waals surface area contributed by atoms with E-state index in [4.69, 9.17) is 4.74 Å². The summed E-state index contributed by atoms with van der Waals surface area (Å²) in [6.45, 7) is 5.86. The molecule has 0 radical (unpaired) electrons. The first-order valence-corrected chi connectivity index (χ1v) is 9.41. The summed E-state index contributed by atoms with van der Waals surface area (Å²) >= 11 is 0. The monoisotopic (exact) mass is 425 g/mol. The van der Waals surface area contributed by atoms with E-state index >= 15 is 0 Å². The molecule has 0 spiro atoms. The Hall–Kier alpha value is -3.74. The molecule has 1 heterocycles. The van der Waals surface area contributed by atoms with Gasteiger partial charge in [0.05, 0.1) is 25.1 Å². The van der Waals surface area contributed by atoms with Crippen molar-refractivity contribution >= 4 is 22.4 Å². The van der Waals surface area contributed by atoms with E-state index in [0.29, 0.717) is 0 Å². The van der Waals surface area contributed by atoms with Crippen molar-refractivity contribution in [2.75, 3.05) is 14.2 Å². The van der Waals surface area contributed by atoms with Crippen LogP contribution in [-0.4, -0.2) is 24.8 Å². The number of allylic oxidation sites excluding steroid dienone is 3. The van der Waals surface area contributed by atoms with Crippen LogP contribution >= 0.6 is 0 Å². The van der Waals surface area contributed by atoms with E-state index in [1.165, 1.54) is 17.9 Å². The minimum Gasteiger partial charge on any atom is -0.491 e. The number of hydrogen-bond acceptors (Lipinski definition) is 4. The van der Waals surface area contributed by atoms with Crippen LogP contribution in [-0.2, 0) is 11.3 Å². The number of carbonyl (C=O) groups is 1. The van der Waals surface area contributed by atoms with Gasteiger partial charge in [0.25, 0.3) is 0 Å². The Kier molecular flexibility index (Phi) is 6.34.